The molecular formula is C18H20N2O7. The number of aromatic hydroxyl groups is 1. The van der Waals surface area contributed by atoms with Gasteiger partial charge in [-0.15, -0.1) is 0 Å². The second kappa shape index (κ2) is 8.95. The van der Waals surface area contributed by atoms with Crippen molar-refractivity contribution in [2.24, 2.45) is 5.92 Å². The predicted octanol–water partition coefficient (Wildman–Crippen LogP) is 0.714. The van der Waals surface area contributed by atoms with Gasteiger partial charge in [0.05, 0.1) is 7.11 Å². The second-order valence-electron chi connectivity index (χ2n) is 5.73. The van der Waals surface area contributed by atoms with E-state index in [4.69, 9.17) is 9.47 Å². The number of phenols is 1. The van der Waals surface area contributed by atoms with Gasteiger partial charge in [0.15, 0.2) is 23.2 Å². The van der Waals surface area contributed by atoms with Crippen LogP contribution in [0.5, 0.6) is 11.5 Å². The summed E-state index contributed by atoms with van der Waals surface area (Å²) in [6.45, 7) is 0.362. The summed E-state index contributed by atoms with van der Waals surface area (Å²) in [5.41, 5.74) is 0.523. The Kier molecular flexibility index (Phi) is 6.67. The van der Waals surface area contributed by atoms with Gasteiger partial charge >= 0.3 is 6.03 Å². The molecule has 2 rings (SSSR count). The van der Waals surface area contributed by atoms with Crippen LogP contribution in [0.15, 0.2) is 24.3 Å². The highest BCUT2D eigenvalue weighted by Crippen LogP contribution is 2.26. The highest BCUT2D eigenvalue weighted by molar-refractivity contribution is 6.28. The summed E-state index contributed by atoms with van der Waals surface area (Å²) in [5.74, 6) is -4.04. The average molecular weight is 376 g/mol. The van der Waals surface area contributed by atoms with Gasteiger partial charge in [-0.05, 0) is 30.2 Å². The summed E-state index contributed by atoms with van der Waals surface area (Å²) in [6, 6.07) is 3.56. The molecule has 1 fully saturated rings. The predicted molar refractivity (Wildman–Crippen MR) is 93.9 cm³/mol. The van der Waals surface area contributed by atoms with E-state index >= 15 is 0 Å². The van der Waals surface area contributed by atoms with Gasteiger partial charge < -0.3 is 14.6 Å². The summed E-state index contributed by atoms with van der Waals surface area (Å²) in [4.78, 5) is 49.5. The Labute approximate surface area is 155 Å². The third kappa shape index (κ3) is 4.70. The zero-order valence-corrected chi connectivity index (χ0v) is 14.9. The van der Waals surface area contributed by atoms with E-state index in [0.717, 1.165) is 11.0 Å². The Balaban J connectivity index is 2.14. The van der Waals surface area contributed by atoms with Gasteiger partial charge in [-0.25, -0.2) is 4.79 Å². The number of urea groups is 1. The first-order valence-electron chi connectivity index (χ1n) is 8.13. The van der Waals surface area contributed by atoms with E-state index in [1.807, 2.05) is 5.32 Å². The van der Waals surface area contributed by atoms with E-state index < -0.39 is 29.5 Å². The van der Waals surface area contributed by atoms with Gasteiger partial charge in [0, 0.05) is 20.3 Å². The maximum absolute atomic E-state index is 12.4. The number of ether oxygens (including phenoxy) is 2. The summed E-state index contributed by atoms with van der Waals surface area (Å²) in [6.07, 6.45) is 2.85. The molecule has 2 N–H and O–H groups in total. The van der Waals surface area contributed by atoms with Gasteiger partial charge in [0.1, 0.15) is 0 Å². The molecule has 1 heterocycles. The van der Waals surface area contributed by atoms with Crippen LogP contribution < -0.4 is 10.1 Å². The number of nitrogens with zero attached hydrogens (tertiary/aromatic N) is 1. The van der Waals surface area contributed by atoms with Crippen molar-refractivity contribution in [1.82, 2.24) is 10.2 Å². The van der Waals surface area contributed by atoms with Gasteiger partial charge in [0.25, 0.3) is 5.91 Å². The zero-order valence-electron chi connectivity index (χ0n) is 14.9. The Bertz CT molecular complexity index is 788. The molecule has 0 saturated carbocycles. The molecule has 1 aliphatic rings. The summed E-state index contributed by atoms with van der Waals surface area (Å²) < 4.78 is 9.84. The van der Waals surface area contributed by atoms with Crippen LogP contribution in [-0.2, 0) is 19.1 Å². The van der Waals surface area contributed by atoms with Crippen molar-refractivity contribution >= 4 is 29.7 Å². The lowest BCUT2D eigenvalue weighted by atomic mass is 9.98. The Morgan fingerprint density at radius 3 is 2.70 bits per heavy atom. The number of allylic oxidation sites excluding steroid dienone is 1. The van der Waals surface area contributed by atoms with Gasteiger partial charge in [-0.3, -0.25) is 24.6 Å². The normalized spacial score (nSPS) is 17.3. The van der Waals surface area contributed by atoms with Crippen molar-refractivity contribution < 1.29 is 33.8 Å². The lowest BCUT2D eigenvalue weighted by molar-refractivity contribution is -0.146. The lowest BCUT2D eigenvalue weighted by Crippen LogP contribution is -2.59. The number of rotatable bonds is 8. The van der Waals surface area contributed by atoms with Crippen LogP contribution in [0.25, 0.3) is 6.08 Å². The number of carbonyl (C=O) groups is 4. The molecule has 0 bridgehead atoms. The fourth-order valence-electron chi connectivity index (χ4n) is 2.52. The minimum absolute atomic E-state index is 0.0362. The Morgan fingerprint density at radius 1 is 1.30 bits per heavy atom. The molecule has 9 nitrogen and oxygen atoms in total. The molecule has 1 aromatic rings. The number of nitrogens with one attached hydrogen (secondary N) is 1. The van der Waals surface area contributed by atoms with Crippen molar-refractivity contribution in [1.29, 1.82) is 0 Å². The number of benzene rings is 1. The fourth-order valence-corrected chi connectivity index (χ4v) is 2.52. The van der Waals surface area contributed by atoms with Crippen molar-refractivity contribution in [2.45, 2.75) is 6.42 Å². The van der Waals surface area contributed by atoms with Crippen molar-refractivity contribution in [3.63, 3.8) is 0 Å². The van der Waals surface area contributed by atoms with E-state index in [1.165, 1.54) is 38.5 Å². The first kappa shape index (κ1) is 20.1. The third-order valence-electron chi connectivity index (χ3n) is 3.91. The number of carbonyl (C=O) groups excluding carboxylic acids is 4. The van der Waals surface area contributed by atoms with Crippen LogP contribution in [0.4, 0.5) is 4.79 Å². The van der Waals surface area contributed by atoms with Crippen LogP contribution in [0, 0.1) is 5.92 Å². The zero-order chi connectivity index (χ0) is 20.0. The van der Waals surface area contributed by atoms with Crippen LogP contribution in [-0.4, -0.2) is 61.0 Å². The number of amides is 4. The number of ketones is 1. The number of hydrogen-bond donors (Lipinski definition) is 2. The Hall–Kier alpha value is -3.20. The van der Waals surface area contributed by atoms with E-state index in [2.05, 4.69) is 0 Å². The number of imide groups is 2. The molecule has 0 aliphatic carbocycles. The van der Waals surface area contributed by atoms with Crippen molar-refractivity contribution in [3.05, 3.63) is 29.8 Å². The molecule has 1 atom stereocenters. The molecular weight excluding hydrogens is 356 g/mol. The van der Waals surface area contributed by atoms with E-state index in [0.29, 0.717) is 18.6 Å². The summed E-state index contributed by atoms with van der Waals surface area (Å²) in [5, 5.41) is 11.6. The Morgan fingerprint density at radius 2 is 2.04 bits per heavy atom. The second-order valence-corrected chi connectivity index (χ2v) is 5.73. The number of hydrogen-bond acceptors (Lipinski definition) is 7. The fraction of sp³-hybridized carbons (Fsp3) is 0.333. The molecule has 4 amide bonds. The third-order valence-corrected chi connectivity index (χ3v) is 3.91. The summed E-state index contributed by atoms with van der Waals surface area (Å²) >= 11 is 0. The highest BCUT2D eigenvalue weighted by Gasteiger charge is 2.43. The smallest absolute Gasteiger partial charge is 0.330 e. The average Bonchev–Trinajstić information content (AvgIpc) is 2.63. The molecule has 0 aromatic heterocycles. The minimum atomic E-state index is -1.62. The van der Waals surface area contributed by atoms with Gasteiger partial charge in [-0.2, -0.15) is 0 Å². The minimum Gasteiger partial charge on any atom is -0.504 e. The van der Waals surface area contributed by atoms with Crippen LogP contribution >= 0.6 is 0 Å². The van der Waals surface area contributed by atoms with Gasteiger partial charge in [0.2, 0.25) is 5.91 Å². The van der Waals surface area contributed by atoms with E-state index in [9.17, 15) is 24.3 Å². The van der Waals surface area contributed by atoms with Crippen molar-refractivity contribution in [2.75, 3.05) is 27.4 Å². The number of barbiturate groups is 1. The molecule has 27 heavy (non-hydrogen) atoms. The maximum atomic E-state index is 12.4. The molecule has 1 aliphatic heterocycles. The molecule has 0 spiro atoms. The largest absolute Gasteiger partial charge is 0.504 e. The molecule has 0 unspecified atom stereocenters. The number of phenolic OH excluding ortho intramolecular Hbond substituents is 1. The topological polar surface area (TPSA) is 122 Å². The highest BCUT2D eigenvalue weighted by atomic mass is 16.5. The van der Waals surface area contributed by atoms with Crippen molar-refractivity contribution in [3.8, 4) is 11.5 Å². The lowest BCUT2D eigenvalue weighted by Gasteiger charge is -2.28. The van der Waals surface area contributed by atoms with E-state index in [-0.39, 0.29) is 18.0 Å². The van der Waals surface area contributed by atoms with Crippen LogP contribution in [0.2, 0.25) is 0 Å². The molecule has 9 heteroatoms. The molecule has 0 radical (unpaired) electrons. The quantitative estimate of drug-likeness (QED) is 0.389. The molecule has 144 valence electrons. The molecule has 1 saturated heterocycles. The van der Waals surface area contributed by atoms with Crippen LogP contribution in [0.1, 0.15) is 12.0 Å². The SMILES string of the molecule is COCCCN1C(=O)NC(=O)[C@@H](C(=O)/C=C/c2ccc(O)c(OC)c2)C1=O. The monoisotopic (exact) mass is 376 g/mol. The summed E-state index contributed by atoms with van der Waals surface area (Å²) in [7, 11) is 2.87. The van der Waals surface area contributed by atoms with Gasteiger partial charge in [-0.1, -0.05) is 12.1 Å². The molecule has 1 aromatic carbocycles. The standard InChI is InChI=1S/C18H20N2O7/c1-26-9-3-8-20-17(24)15(16(23)19-18(20)25)13(22)7-5-11-4-6-12(21)14(10-11)27-2/h4-7,10,15,21H,3,8-9H2,1-2H3,(H,19,23,25)/b7-5+/t15-/m1/s1. The maximum Gasteiger partial charge on any atom is 0.330 e. The number of methoxy groups -OCH3 is 2. The van der Waals surface area contributed by atoms with Crippen LogP contribution in [0.3, 0.4) is 0 Å². The first-order valence-corrected chi connectivity index (χ1v) is 8.13. The first-order chi connectivity index (χ1) is 12.9. The van der Waals surface area contributed by atoms with E-state index in [1.54, 1.807) is 0 Å².